The van der Waals surface area contributed by atoms with Gasteiger partial charge in [-0.2, -0.15) is 0 Å². The zero-order valence-corrected chi connectivity index (χ0v) is 6.38. The maximum absolute atomic E-state index is 10.8. The molecule has 10 heavy (non-hydrogen) atoms. The summed E-state index contributed by atoms with van der Waals surface area (Å²) >= 11 is 0. The van der Waals surface area contributed by atoms with E-state index in [0.29, 0.717) is 0 Å². The van der Waals surface area contributed by atoms with Crippen LogP contribution in [0.4, 0.5) is 0 Å². The highest BCUT2D eigenvalue weighted by Gasteiger charge is 2.32. The largest absolute Gasteiger partial charge is 0.392 e. The number of hydroxylamine groups is 1. The Morgan fingerprint density at radius 3 is 2.10 bits per heavy atom. The Bertz CT molecular complexity index is 131. The van der Waals surface area contributed by atoms with Crippen molar-refractivity contribution < 1.29 is 15.1 Å². The van der Waals surface area contributed by atoms with Crippen molar-refractivity contribution >= 4 is 5.91 Å². The molecular weight excluding hydrogens is 134 g/mol. The Labute approximate surface area is 59.8 Å². The van der Waals surface area contributed by atoms with Crippen molar-refractivity contribution in [2.75, 3.05) is 0 Å². The summed E-state index contributed by atoms with van der Waals surface area (Å²) in [6, 6.07) is 0. The average Bonchev–Trinajstić information content (AvgIpc) is 1.86. The van der Waals surface area contributed by atoms with Crippen molar-refractivity contribution in [1.82, 2.24) is 5.48 Å². The lowest BCUT2D eigenvalue weighted by molar-refractivity contribution is -0.143. The van der Waals surface area contributed by atoms with Crippen LogP contribution >= 0.6 is 0 Å². The van der Waals surface area contributed by atoms with E-state index in [4.69, 9.17) is 10.3 Å². The monoisotopic (exact) mass is 147 g/mol. The van der Waals surface area contributed by atoms with Crippen LogP contribution in [0.15, 0.2) is 0 Å². The highest BCUT2D eigenvalue weighted by molar-refractivity contribution is 5.81. The Morgan fingerprint density at radius 2 is 2.00 bits per heavy atom. The fourth-order valence-electron chi connectivity index (χ4n) is 0.334. The summed E-state index contributed by atoms with van der Waals surface area (Å²) in [6.07, 6.45) is -0.778. The van der Waals surface area contributed by atoms with Gasteiger partial charge in [-0.15, -0.1) is 0 Å². The molecule has 0 saturated carbocycles. The van der Waals surface area contributed by atoms with Crippen LogP contribution in [0.25, 0.3) is 0 Å². The van der Waals surface area contributed by atoms with Crippen molar-refractivity contribution in [3.63, 3.8) is 0 Å². The number of hydrogen-bond donors (Lipinski definition) is 3. The van der Waals surface area contributed by atoms with Gasteiger partial charge < -0.3 is 5.11 Å². The second kappa shape index (κ2) is 2.98. The summed E-state index contributed by atoms with van der Waals surface area (Å²) in [7, 11) is 0. The molecule has 0 aromatic carbocycles. The topological polar surface area (TPSA) is 69.6 Å². The van der Waals surface area contributed by atoms with Gasteiger partial charge in [-0.25, -0.2) is 5.48 Å². The van der Waals surface area contributed by atoms with E-state index in [1.807, 2.05) is 0 Å². The Morgan fingerprint density at radius 1 is 1.60 bits per heavy atom. The molecule has 0 radical (unpaired) electrons. The van der Waals surface area contributed by atoms with Crippen molar-refractivity contribution in [1.29, 1.82) is 0 Å². The van der Waals surface area contributed by atoms with Gasteiger partial charge in [0.2, 0.25) is 0 Å². The minimum absolute atomic E-state index is 0.581. The third-order valence-corrected chi connectivity index (χ3v) is 1.73. The lowest BCUT2D eigenvalue weighted by Gasteiger charge is -2.24. The molecule has 4 heteroatoms. The lowest BCUT2D eigenvalue weighted by atomic mass is 9.87. The van der Waals surface area contributed by atoms with Crippen molar-refractivity contribution in [2.24, 2.45) is 5.41 Å². The number of aliphatic hydroxyl groups excluding tert-OH is 1. The number of hydrogen-bond acceptors (Lipinski definition) is 3. The van der Waals surface area contributed by atoms with Gasteiger partial charge in [-0.3, -0.25) is 10.0 Å². The van der Waals surface area contributed by atoms with E-state index in [9.17, 15) is 4.79 Å². The van der Waals surface area contributed by atoms with E-state index in [1.165, 1.54) is 12.4 Å². The quantitative estimate of drug-likeness (QED) is 0.377. The molecule has 0 spiro atoms. The zero-order valence-electron chi connectivity index (χ0n) is 6.38. The summed E-state index contributed by atoms with van der Waals surface area (Å²) in [6.45, 7) is 4.58. The number of carbonyl (C=O) groups is 1. The molecule has 1 atom stereocenters. The van der Waals surface area contributed by atoms with E-state index in [-0.39, 0.29) is 0 Å². The third-order valence-electron chi connectivity index (χ3n) is 1.73. The second-order valence-electron chi connectivity index (χ2n) is 2.84. The normalized spacial score (nSPS) is 14.5. The molecule has 1 amide bonds. The highest BCUT2D eigenvalue weighted by atomic mass is 16.5. The SMILES string of the molecule is CC(O)C(C)(C)C(=O)NO. The molecular formula is C6H13NO3. The molecule has 0 aliphatic rings. The molecule has 0 aromatic rings. The predicted molar refractivity (Wildman–Crippen MR) is 35.4 cm³/mol. The maximum atomic E-state index is 10.8. The van der Waals surface area contributed by atoms with Crippen LogP contribution < -0.4 is 5.48 Å². The van der Waals surface area contributed by atoms with Gasteiger partial charge in [0.05, 0.1) is 11.5 Å². The molecule has 0 fully saturated rings. The summed E-state index contributed by atoms with van der Waals surface area (Å²) in [4.78, 5) is 10.8. The van der Waals surface area contributed by atoms with Crippen molar-refractivity contribution in [3.05, 3.63) is 0 Å². The van der Waals surface area contributed by atoms with Crippen molar-refractivity contribution in [3.8, 4) is 0 Å². The van der Waals surface area contributed by atoms with Crippen molar-refractivity contribution in [2.45, 2.75) is 26.9 Å². The second-order valence-corrected chi connectivity index (χ2v) is 2.84. The van der Waals surface area contributed by atoms with E-state index in [1.54, 1.807) is 13.8 Å². The Hall–Kier alpha value is -0.610. The van der Waals surface area contributed by atoms with Gasteiger partial charge in [-0.05, 0) is 20.8 Å². The van der Waals surface area contributed by atoms with Gasteiger partial charge in [0.15, 0.2) is 0 Å². The number of aliphatic hydroxyl groups is 1. The molecule has 4 nitrogen and oxygen atoms in total. The molecule has 3 N–H and O–H groups in total. The minimum Gasteiger partial charge on any atom is -0.392 e. The molecule has 0 saturated heterocycles. The molecule has 0 heterocycles. The van der Waals surface area contributed by atoms with Crippen LogP contribution in [0.5, 0.6) is 0 Å². The van der Waals surface area contributed by atoms with Crippen LogP contribution in [0.3, 0.4) is 0 Å². The predicted octanol–water partition coefficient (Wildman–Crippen LogP) is -0.101. The Balaban J connectivity index is 4.24. The first kappa shape index (κ1) is 9.39. The summed E-state index contributed by atoms with van der Waals surface area (Å²) in [5.41, 5.74) is 0.552. The van der Waals surface area contributed by atoms with Gasteiger partial charge >= 0.3 is 0 Å². The van der Waals surface area contributed by atoms with Gasteiger partial charge in [0.1, 0.15) is 0 Å². The van der Waals surface area contributed by atoms with E-state index in [2.05, 4.69) is 0 Å². The number of nitrogens with one attached hydrogen (secondary N) is 1. The fraction of sp³-hybridized carbons (Fsp3) is 0.833. The first-order valence-electron chi connectivity index (χ1n) is 3.05. The van der Waals surface area contributed by atoms with Gasteiger partial charge in [0.25, 0.3) is 5.91 Å². The van der Waals surface area contributed by atoms with Crippen LogP contribution in [0.1, 0.15) is 20.8 Å². The number of carbonyl (C=O) groups excluding carboxylic acids is 1. The van der Waals surface area contributed by atoms with Crippen LogP contribution in [-0.2, 0) is 4.79 Å². The van der Waals surface area contributed by atoms with E-state index >= 15 is 0 Å². The molecule has 0 aromatic heterocycles. The molecule has 0 aliphatic heterocycles. The average molecular weight is 147 g/mol. The first-order valence-corrected chi connectivity index (χ1v) is 3.05. The minimum atomic E-state index is -0.936. The highest BCUT2D eigenvalue weighted by Crippen LogP contribution is 2.19. The number of rotatable bonds is 2. The summed E-state index contributed by atoms with van der Waals surface area (Å²) < 4.78 is 0. The van der Waals surface area contributed by atoms with Crippen LogP contribution in [0.2, 0.25) is 0 Å². The standard InChI is InChI=1S/C6H13NO3/c1-4(8)6(2,3)5(9)7-10/h4,8,10H,1-3H3,(H,7,9). The molecule has 60 valence electrons. The zero-order chi connectivity index (χ0) is 8.36. The van der Waals surface area contributed by atoms with Crippen LogP contribution in [-0.4, -0.2) is 22.3 Å². The van der Waals surface area contributed by atoms with E-state index in [0.717, 1.165) is 0 Å². The molecule has 0 bridgehead atoms. The molecule has 1 unspecified atom stereocenters. The molecule has 0 rings (SSSR count). The fourth-order valence-corrected chi connectivity index (χ4v) is 0.334. The number of amides is 1. The Kier molecular flexibility index (Phi) is 2.80. The molecule has 0 aliphatic carbocycles. The smallest absolute Gasteiger partial charge is 0.251 e. The van der Waals surface area contributed by atoms with Gasteiger partial charge in [0, 0.05) is 0 Å². The maximum Gasteiger partial charge on any atom is 0.251 e. The first-order chi connectivity index (χ1) is 4.42. The third kappa shape index (κ3) is 1.68. The van der Waals surface area contributed by atoms with E-state index < -0.39 is 17.4 Å². The van der Waals surface area contributed by atoms with Gasteiger partial charge in [-0.1, -0.05) is 0 Å². The summed E-state index contributed by atoms with van der Waals surface area (Å²) in [5.74, 6) is -0.581. The lowest BCUT2D eigenvalue weighted by Crippen LogP contribution is -2.42. The van der Waals surface area contributed by atoms with Crippen LogP contribution in [0, 0.1) is 5.41 Å². The summed E-state index contributed by atoms with van der Waals surface area (Å²) in [5, 5.41) is 17.2.